The molecule has 2 nitrogen and oxygen atoms in total. The first-order valence-corrected chi connectivity index (χ1v) is 7.98. The van der Waals surface area contributed by atoms with Crippen LogP contribution in [0.4, 0.5) is 0 Å². The smallest absolute Gasteiger partial charge is 0.220 e. The van der Waals surface area contributed by atoms with E-state index in [-0.39, 0.29) is 0 Å². The highest BCUT2D eigenvalue weighted by molar-refractivity contribution is 5.80. The molecule has 3 bridgehead atoms. The summed E-state index contributed by atoms with van der Waals surface area (Å²) in [5.74, 6) is 3.30. The Hall–Kier alpha value is -0.530. The van der Waals surface area contributed by atoms with Crippen LogP contribution in [0.5, 0.6) is 0 Å². The summed E-state index contributed by atoms with van der Waals surface area (Å²) in [5, 5.41) is 3.36. The van der Waals surface area contributed by atoms with Gasteiger partial charge in [0, 0.05) is 17.9 Å². The van der Waals surface area contributed by atoms with Crippen molar-refractivity contribution in [2.75, 3.05) is 0 Å². The summed E-state index contributed by atoms with van der Waals surface area (Å²) in [6.45, 7) is 0. The number of hydrogen-bond donors (Lipinski definition) is 1. The fourth-order valence-corrected chi connectivity index (χ4v) is 8.35. The molecular formula is C16H21NO. The molecule has 6 aliphatic rings. The van der Waals surface area contributed by atoms with Gasteiger partial charge in [-0.2, -0.15) is 0 Å². The fraction of sp³-hybridized carbons (Fsp3) is 0.938. The lowest BCUT2D eigenvalue weighted by atomic mass is 9.35. The van der Waals surface area contributed by atoms with E-state index in [0.717, 1.165) is 35.0 Å². The van der Waals surface area contributed by atoms with Crippen LogP contribution in [-0.2, 0) is 4.79 Å². The molecule has 2 heteroatoms. The van der Waals surface area contributed by atoms with Crippen molar-refractivity contribution in [1.82, 2.24) is 5.32 Å². The number of carbonyl (C=O) groups is 1. The Labute approximate surface area is 108 Å². The Kier molecular flexibility index (Phi) is 1.20. The molecule has 18 heavy (non-hydrogen) atoms. The molecule has 5 saturated carbocycles. The summed E-state index contributed by atoms with van der Waals surface area (Å²) in [6.07, 6.45) is 11.2. The van der Waals surface area contributed by atoms with Crippen molar-refractivity contribution in [3.8, 4) is 0 Å². The molecule has 0 aromatic heterocycles. The first kappa shape index (κ1) is 9.39. The molecule has 3 spiro atoms. The van der Waals surface area contributed by atoms with Gasteiger partial charge in [0.2, 0.25) is 5.91 Å². The quantitative estimate of drug-likeness (QED) is 0.696. The third-order valence-corrected chi connectivity index (χ3v) is 8.49. The van der Waals surface area contributed by atoms with Crippen LogP contribution in [0.15, 0.2) is 0 Å². The zero-order chi connectivity index (χ0) is 11.8. The average molecular weight is 243 g/mol. The molecule has 6 fully saturated rings. The maximum absolute atomic E-state index is 11.9. The normalized spacial score (nSPS) is 64.3. The molecule has 1 saturated heterocycles. The van der Waals surface area contributed by atoms with E-state index in [1.54, 1.807) is 0 Å². The predicted octanol–water partition coefficient (Wildman–Crippen LogP) is 2.48. The van der Waals surface area contributed by atoms with Crippen LogP contribution in [0.2, 0.25) is 0 Å². The molecule has 1 heterocycles. The zero-order valence-electron chi connectivity index (χ0n) is 10.9. The number of nitrogens with one attached hydrogen (secondary N) is 1. The highest BCUT2D eigenvalue weighted by atomic mass is 16.2. The standard InChI is InChI=1S/C16H21NO/c18-12-7-14-6-11-15(2-1-3-15)10-4-9(13(14)17-12)5-16(10,11)8-14/h9-11,13H,1-8H2,(H,17,18). The van der Waals surface area contributed by atoms with E-state index in [9.17, 15) is 4.79 Å². The van der Waals surface area contributed by atoms with Gasteiger partial charge in [0.05, 0.1) is 0 Å². The third-order valence-electron chi connectivity index (χ3n) is 8.49. The second-order valence-corrected chi connectivity index (χ2v) is 8.59. The van der Waals surface area contributed by atoms with E-state index in [1.807, 2.05) is 0 Å². The summed E-state index contributed by atoms with van der Waals surface area (Å²) in [5.41, 5.74) is 1.93. The van der Waals surface area contributed by atoms with Crippen LogP contribution in [0.3, 0.4) is 0 Å². The van der Waals surface area contributed by atoms with Crippen molar-refractivity contribution in [1.29, 1.82) is 0 Å². The van der Waals surface area contributed by atoms with Gasteiger partial charge in [0.15, 0.2) is 0 Å². The van der Waals surface area contributed by atoms with Crippen molar-refractivity contribution in [3.05, 3.63) is 0 Å². The minimum Gasteiger partial charge on any atom is -0.353 e. The average Bonchev–Trinajstić information content (AvgIpc) is 2.80. The van der Waals surface area contributed by atoms with Gasteiger partial charge in [-0.3, -0.25) is 4.79 Å². The summed E-state index contributed by atoms with van der Waals surface area (Å²) >= 11 is 0. The molecule has 0 radical (unpaired) electrons. The van der Waals surface area contributed by atoms with Gasteiger partial charge in [-0.05, 0) is 67.1 Å². The maximum Gasteiger partial charge on any atom is 0.220 e. The van der Waals surface area contributed by atoms with Crippen LogP contribution in [0.25, 0.3) is 0 Å². The molecule has 1 amide bonds. The van der Waals surface area contributed by atoms with Gasteiger partial charge in [0.25, 0.3) is 0 Å². The topological polar surface area (TPSA) is 29.1 Å². The van der Waals surface area contributed by atoms with E-state index >= 15 is 0 Å². The van der Waals surface area contributed by atoms with Crippen LogP contribution < -0.4 is 5.32 Å². The Balaban J connectivity index is 1.54. The lowest BCUT2D eigenvalue weighted by Crippen LogP contribution is -2.62. The van der Waals surface area contributed by atoms with Crippen molar-refractivity contribution >= 4 is 5.91 Å². The van der Waals surface area contributed by atoms with Crippen molar-refractivity contribution < 1.29 is 4.79 Å². The minimum absolute atomic E-state index is 0.365. The van der Waals surface area contributed by atoms with Crippen molar-refractivity contribution in [2.45, 2.75) is 57.4 Å². The van der Waals surface area contributed by atoms with E-state index < -0.39 is 0 Å². The molecule has 5 aliphatic carbocycles. The van der Waals surface area contributed by atoms with Crippen LogP contribution in [-0.4, -0.2) is 11.9 Å². The number of hydrogen-bond acceptors (Lipinski definition) is 1. The molecule has 6 unspecified atom stereocenters. The van der Waals surface area contributed by atoms with Gasteiger partial charge < -0.3 is 5.32 Å². The first-order valence-electron chi connectivity index (χ1n) is 7.98. The van der Waals surface area contributed by atoms with Gasteiger partial charge in [-0.15, -0.1) is 0 Å². The molecule has 6 rings (SSSR count). The number of carbonyl (C=O) groups excluding carboxylic acids is 1. The first-order chi connectivity index (χ1) is 8.69. The van der Waals surface area contributed by atoms with Gasteiger partial charge >= 0.3 is 0 Å². The Morgan fingerprint density at radius 1 is 1.11 bits per heavy atom. The summed E-state index contributed by atoms with van der Waals surface area (Å²) in [4.78, 5) is 11.9. The molecule has 96 valence electrons. The Morgan fingerprint density at radius 2 is 2.00 bits per heavy atom. The molecule has 0 aromatic rings. The van der Waals surface area contributed by atoms with Crippen molar-refractivity contribution in [2.24, 2.45) is 34.0 Å². The van der Waals surface area contributed by atoms with Gasteiger partial charge in [0.1, 0.15) is 0 Å². The lowest BCUT2D eigenvalue weighted by Gasteiger charge is -2.69. The van der Waals surface area contributed by atoms with Crippen LogP contribution >= 0.6 is 0 Å². The van der Waals surface area contributed by atoms with E-state index in [4.69, 9.17) is 0 Å². The monoisotopic (exact) mass is 243 g/mol. The van der Waals surface area contributed by atoms with Crippen LogP contribution in [0, 0.1) is 34.0 Å². The van der Waals surface area contributed by atoms with E-state index in [0.29, 0.717) is 17.4 Å². The van der Waals surface area contributed by atoms with Gasteiger partial charge in [-0.25, -0.2) is 0 Å². The third kappa shape index (κ3) is 0.652. The second kappa shape index (κ2) is 2.29. The summed E-state index contributed by atoms with van der Waals surface area (Å²) in [6, 6.07) is 0.575. The largest absolute Gasteiger partial charge is 0.353 e. The fourth-order valence-electron chi connectivity index (χ4n) is 8.35. The molecule has 0 aromatic carbocycles. The summed E-state index contributed by atoms with van der Waals surface area (Å²) in [7, 11) is 0. The molecular weight excluding hydrogens is 222 g/mol. The SMILES string of the molecule is O=C1CC23CC4C5(CCC5)C5CC(CC54C2)C3N1. The van der Waals surface area contributed by atoms with Crippen LogP contribution in [0.1, 0.15) is 51.4 Å². The number of fused-ring (bicyclic) bond motifs is 4. The van der Waals surface area contributed by atoms with Gasteiger partial charge in [-0.1, -0.05) is 6.42 Å². The Morgan fingerprint density at radius 3 is 2.78 bits per heavy atom. The lowest BCUT2D eigenvalue weighted by molar-refractivity contribution is -0.209. The van der Waals surface area contributed by atoms with Crippen molar-refractivity contribution in [3.63, 3.8) is 0 Å². The summed E-state index contributed by atoms with van der Waals surface area (Å²) < 4.78 is 0. The Bertz CT molecular complexity index is 495. The highest BCUT2D eigenvalue weighted by Gasteiger charge is 2.83. The predicted molar refractivity (Wildman–Crippen MR) is 66.6 cm³/mol. The molecule has 1 aliphatic heterocycles. The molecule has 6 atom stereocenters. The molecule has 1 N–H and O–H groups in total. The number of amides is 1. The zero-order valence-corrected chi connectivity index (χ0v) is 10.9. The number of rotatable bonds is 0. The highest BCUT2D eigenvalue weighted by Crippen LogP contribution is 2.88. The van der Waals surface area contributed by atoms with E-state index in [2.05, 4.69) is 5.32 Å². The minimum atomic E-state index is 0.365. The maximum atomic E-state index is 11.9. The second-order valence-electron chi connectivity index (χ2n) is 8.59. The van der Waals surface area contributed by atoms with E-state index in [1.165, 1.54) is 44.9 Å².